The Bertz CT molecular complexity index is 369. The van der Waals surface area contributed by atoms with E-state index >= 15 is 0 Å². The number of aromatic nitrogens is 1. The lowest BCUT2D eigenvalue weighted by atomic mass is 10.00. The molecule has 4 heteroatoms. The van der Waals surface area contributed by atoms with Gasteiger partial charge >= 0.3 is 0 Å². The number of Topliss-reactive ketones (excluding diaryl/α,β-unsaturated/α-hetero) is 1. The summed E-state index contributed by atoms with van der Waals surface area (Å²) < 4.78 is 4.16. The van der Waals surface area contributed by atoms with E-state index in [0.717, 1.165) is 30.9 Å². The van der Waals surface area contributed by atoms with Crippen LogP contribution in [0.3, 0.4) is 0 Å². The number of nitrogens with zero attached hydrogens (tertiary/aromatic N) is 2. The maximum atomic E-state index is 12.2. The molecule has 0 spiro atoms. The van der Waals surface area contributed by atoms with Crippen molar-refractivity contribution in [3.8, 4) is 0 Å². The zero-order chi connectivity index (χ0) is 11.5. The monoisotopic (exact) mass is 238 g/mol. The maximum Gasteiger partial charge on any atom is 0.169 e. The summed E-state index contributed by atoms with van der Waals surface area (Å²) in [5, 5.41) is 1.87. The van der Waals surface area contributed by atoms with Crippen molar-refractivity contribution in [3.63, 3.8) is 0 Å². The number of aryl methyl sites for hydroxylation is 1. The zero-order valence-electron chi connectivity index (χ0n) is 9.90. The molecule has 2 heterocycles. The Balaban J connectivity index is 1.96. The molecule has 1 unspecified atom stereocenters. The molecule has 0 N–H and O–H groups in total. The first kappa shape index (κ1) is 11.7. The molecule has 16 heavy (non-hydrogen) atoms. The van der Waals surface area contributed by atoms with Crippen LogP contribution in [0, 0.1) is 12.8 Å². The minimum Gasteiger partial charge on any atom is -0.303 e. The summed E-state index contributed by atoms with van der Waals surface area (Å²) in [6.07, 6.45) is 2.56. The number of hydrogen-bond acceptors (Lipinski definition) is 4. The minimum atomic E-state index is 0.0909. The van der Waals surface area contributed by atoms with E-state index in [1.54, 1.807) is 0 Å². The highest BCUT2D eigenvalue weighted by Crippen LogP contribution is 2.17. The van der Waals surface area contributed by atoms with Gasteiger partial charge in [-0.1, -0.05) is 6.92 Å². The van der Waals surface area contributed by atoms with Gasteiger partial charge in [0.2, 0.25) is 0 Å². The van der Waals surface area contributed by atoms with E-state index in [0.29, 0.717) is 0 Å². The lowest BCUT2D eigenvalue weighted by Crippen LogP contribution is -2.29. The largest absolute Gasteiger partial charge is 0.303 e. The second kappa shape index (κ2) is 5.06. The summed E-state index contributed by atoms with van der Waals surface area (Å²) in [6, 6.07) is 0. The van der Waals surface area contributed by atoms with Crippen molar-refractivity contribution in [3.05, 3.63) is 16.6 Å². The average Bonchev–Trinajstić information content (AvgIpc) is 2.88. The summed E-state index contributed by atoms with van der Waals surface area (Å²) in [4.78, 5) is 14.5. The second-order valence-electron chi connectivity index (χ2n) is 4.59. The fourth-order valence-electron chi connectivity index (χ4n) is 2.23. The molecule has 0 aliphatic carbocycles. The molecule has 1 aromatic rings. The molecular formula is C12H18N2OS. The third-order valence-electron chi connectivity index (χ3n) is 3.19. The average molecular weight is 238 g/mol. The Hall–Kier alpha value is -0.740. The molecule has 0 amide bonds. The van der Waals surface area contributed by atoms with Crippen molar-refractivity contribution < 1.29 is 4.79 Å². The van der Waals surface area contributed by atoms with Crippen LogP contribution in [0.1, 0.15) is 35.8 Å². The maximum absolute atomic E-state index is 12.2. The van der Waals surface area contributed by atoms with Crippen LogP contribution in [-0.4, -0.2) is 34.7 Å². The highest BCUT2D eigenvalue weighted by atomic mass is 32.1. The molecule has 0 bridgehead atoms. The predicted octanol–water partition coefficient (Wildman–Crippen LogP) is 2.37. The zero-order valence-corrected chi connectivity index (χ0v) is 10.7. The number of rotatable bonds is 4. The highest BCUT2D eigenvalue weighted by Gasteiger charge is 2.22. The third-order valence-corrected chi connectivity index (χ3v) is 3.91. The van der Waals surface area contributed by atoms with Crippen molar-refractivity contribution in [2.24, 2.45) is 5.92 Å². The first-order chi connectivity index (χ1) is 7.68. The first-order valence-corrected chi connectivity index (χ1v) is 6.69. The Morgan fingerprint density at radius 1 is 1.56 bits per heavy atom. The number of ketones is 1. The van der Waals surface area contributed by atoms with Crippen LogP contribution in [0.2, 0.25) is 0 Å². The summed E-state index contributed by atoms with van der Waals surface area (Å²) in [5.41, 5.74) is 1.69. The van der Waals surface area contributed by atoms with Gasteiger partial charge in [0.1, 0.15) is 0 Å². The quantitative estimate of drug-likeness (QED) is 0.755. The van der Waals surface area contributed by atoms with Gasteiger partial charge < -0.3 is 4.90 Å². The fraction of sp³-hybridized carbons (Fsp3) is 0.667. The van der Waals surface area contributed by atoms with Crippen LogP contribution in [0.15, 0.2) is 5.38 Å². The molecule has 0 saturated carbocycles. The van der Waals surface area contributed by atoms with Gasteiger partial charge in [0.15, 0.2) is 5.78 Å². The number of carbonyl (C=O) groups is 1. The van der Waals surface area contributed by atoms with E-state index in [9.17, 15) is 4.79 Å². The number of hydrogen-bond donors (Lipinski definition) is 0. The Kier molecular flexibility index (Phi) is 3.71. The van der Waals surface area contributed by atoms with Gasteiger partial charge in [-0.25, -0.2) is 0 Å². The minimum absolute atomic E-state index is 0.0909. The third kappa shape index (κ3) is 2.50. The molecule has 1 atom stereocenters. The predicted molar refractivity (Wildman–Crippen MR) is 66.0 cm³/mol. The van der Waals surface area contributed by atoms with Gasteiger partial charge in [0, 0.05) is 17.8 Å². The van der Waals surface area contributed by atoms with Crippen LogP contribution in [0.25, 0.3) is 0 Å². The van der Waals surface area contributed by atoms with Crippen molar-refractivity contribution in [2.45, 2.75) is 26.7 Å². The molecule has 88 valence electrons. The lowest BCUT2D eigenvalue weighted by molar-refractivity contribution is 0.0902. The first-order valence-electron chi connectivity index (χ1n) is 5.86. The number of carbonyl (C=O) groups excluding carboxylic acids is 1. The van der Waals surface area contributed by atoms with Crippen LogP contribution in [-0.2, 0) is 0 Å². The summed E-state index contributed by atoms with van der Waals surface area (Å²) in [6.45, 7) is 7.13. The molecule has 1 aliphatic heterocycles. The fourth-order valence-corrected chi connectivity index (χ4v) is 2.93. The van der Waals surface area contributed by atoms with Gasteiger partial charge in [-0.05, 0) is 44.4 Å². The topological polar surface area (TPSA) is 33.2 Å². The molecule has 0 radical (unpaired) electrons. The Morgan fingerprint density at radius 3 is 2.81 bits per heavy atom. The Morgan fingerprint density at radius 2 is 2.25 bits per heavy atom. The molecule has 1 fully saturated rings. The van der Waals surface area contributed by atoms with Gasteiger partial charge in [-0.2, -0.15) is 4.37 Å². The lowest BCUT2D eigenvalue weighted by Gasteiger charge is -2.18. The van der Waals surface area contributed by atoms with Crippen LogP contribution in [0.5, 0.6) is 0 Å². The molecule has 1 saturated heterocycles. The molecule has 1 aromatic heterocycles. The Labute approximate surface area is 101 Å². The molecular weight excluding hydrogens is 220 g/mol. The van der Waals surface area contributed by atoms with Crippen LogP contribution in [0.4, 0.5) is 0 Å². The molecule has 0 aromatic carbocycles. The SMILES string of the molecule is Cc1nscc1C(=O)C(C)CN1CCCC1. The molecule has 1 aliphatic rings. The second-order valence-corrected chi connectivity index (χ2v) is 5.22. The summed E-state index contributed by atoms with van der Waals surface area (Å²) >= 11 is 1.37. The van der Waals surface area contributed by atoms with Gasteiger partial charge in [0.05, 0.1) is 11.3 Å². The van der Waals surface area contributed by atoms with E-state index in [4.69, 9.17) is 0 Å². The van der Waals surface area contributed by atoms with Crippen molar-refractivity contribution in [1.29, 1.82) is 0 Å². The van der Waals surface area contributed by atoms with Crippen molar-refractivity contribution in [1.82, 2.24) is 9.27 Å². The van der Waals surface area contributed by atoms with Gasteiger partial charge in [-0.3, -0.25) is 4.79 Å². The van der Waals surface area contributed by atoms with E-state index in [1.807, 2.05) is 19.2 Å². The van der Waals surface area contributed by atoms with Crippen molar-refractivity contribution in [2.75, 3.05) is 19.6 Å². The van der Waals surface area contributed by atoms with Crippen LogP contribution >= 0.6 is 11.5 Å². The van der Waals surface area contributed by atoms with Crippen LogP contribution < -0.4 is 0 Å². The highest BCUT2D eigenvalue weighted by molar-refractivity contribution is 7.03. The van der Waals surface area contributed by atoms with Gasteiger partial charge in [0.25, 0.3) is 0 Å². The van der Waals surface area contributed by atoms with Crippen molar-refractivity contribution >= 4 is 17.3 Å². The summed E-state index contributed by atoms with van der Waals surface area (Å²) in [5.74, 6) is 0.339. The molecule has 2 rings (SSSR count). The summed E-state index contributed by atoms with van der Waals surface area (Å²) in [7, 11) is 0. The standard InChI is InChI=1S/C12H18N2OS/c1-9(7-14-5-3-4-6-14)12(15)11-8-16-13-10(11)2/h8-9H,3-7H2,1-2H3. The van der Waals surface area contributed by atoms with E-state index in [2.05, 4.69) is 9.27 Å². The van der Waals surface area contributed by atoms with E-state index in [-0.39, 0.29) is 11.7 Å². The smallest absolute Gasteiger partial charge is 0.169 e. The molecule has 3 nitrogen and oxygen atoms in total. The normalized spacial score (nSPS) is 18.9. The number of likely N-dealkylation sites (tertiary alicyclic amines) is 1. The van der Waals surface area contributed by atoms with Gasteiger partial charge in [-0.15, -0.1) is 0 Å². The van der Waals surface area contributed by atoms with E-state index < -0.39 is 0 Å². The van der Waals surface area contributed by atoms with E-state index in [1.165, 1.54) is 24.4 Å².